The molecule has 0 aliphatic heterocycles. The predicted molar refractivity (Wildman–Crippen MR) is 141 cm³/mol. The Morgan fingerprint density at radius 3 is 2.24 bits per heavy atom. The Kier molecular flexibility index (Phi) is 8.33. The highest BCUT2D eigenvalue weighted by Crippen LogP contribution is 2.37. The summed E-state index contributed by atoms with van der Waals surface area (Å²) in [4.78, 5) is 11.7. The molecule has 0 saturated carbocycles. The van der Waals surface area contributed by atoms with E-state index in [1.807, 2.05) is 36.4 Å². The molecule has 1 N–H and O–H groups in total. The third-order valence-electron chi connectivity index (χ3n) is 5.16. The minimum absolute atomic E-state index is 0.00267. The van der Waals surface area contributed by atoms with Crippen molar-refractivity contribution in [2.45, 2.75) is 11.5 Å². The van der Waals surface area contributed by atoms with Crippen LogP contribution >= 0.6 is 23.2 Å². The SMILES string of the molecule is O=C(COc1c(Cl)cc(Cl)cc1S(=O)(=O)Nc1cc(-c2ccccc2)ccc1F)OCc1ccccc1. The quantitative estimate of drug-likeness (QED) is 0.230. The molecule has 37 heavy (non-hydrogen) atoms. The lowest BCUT2D eigenvalue weighted by Crippen LogP contribution is -2.19. The number of benzene rings is 4. The fraction of sp³-hybridized carbons (Fsp3) is 0.0741. The van der Waals surface area contributed by atoms with Crippen molar-refractivity contribution >= 4 is 44.9 Å². The fourth-order valence-electron chi connectivity index (χ4n) is 3.40. The molecule has 190 valence electrons. The molecule has 0 heterocycles. The van der Waals surface area contributed by atoms with Gasteiger partial charge in [-0.05, 0) is 41.0 Å². The van der Waals surface area contributed by atoms with Gasteiger partial charge in [-0.2, -0.15) is 0 Å². The molecule has 0 saturated heterocycles. The minimum atomic E-state index is -4.45. The van der Waals surface area contributed by atoms with Crippen molar-refractivity contribution in [3.63, 3.8) is 0 Å². The summed E-state index contributed by atoms with van der Waals surface area (Å²) in [6.07, 6.45) is 0. The number of sulfonamides is 1. The van der Waals surface area contributed by atoms with Crippen LogP contribution in [0.15, 0.2) is 95.9 Å². The number of carbonyl (C=O) groups is 1. The maximum absolute atomic E-state index is 14.6. The lowest BCUT2D eigenvalue weighted by atomic mass is 10.1. The second-order valence-electron chi connectivity index (χ2n) is 7.82. The molecule has 4 aromatic carbocycles. The van der Waals surface area contributed by atoms with E-state index in [1.54, 1.807) is 24.3 Å². The fourth-order valence-corrected chi connectivity index (χ4v) is 5.32. The summed E-state index contributed by atoms with van der Waals surface area (Å²) in [6, 6.07) is 24.5. The van der Waals surface area contributed by atoms with Crippen LogP contribution < -0.4 is 9.46 Å². The zero-order valence-corrected chi connectivity index (χ0v) is 21.5. The number of nitrogens with one attached hydrogen (secondary N) is 1. The van der Waals surface area contributed by atoms with Crippen molar-refractivity contribution in [3.05, 3.63) is 112 Å². The number of carbonyl (C=O) groups excluding carboxylic acids is 1. The Labute approximate surface area is 223 Å². The first-order chi connectivity index (χ1) is 17.7. The minimum Gasteiger partial charge on any atom is -0.479 e. The van der Waals surface area contributed by atoms with E-state index in [0.717, 1.165) is 23.3 Å². The van der Waals surface area contributed by atoms with Gasteiger partial charge in [-0.1, -0.05) is 89.9 Å². The van der Waals surface area contributed by atoms with Crippen LogP contribution in [0.4, 0.5) is 10.1 Å². The van der Waals surface area contributed by atoms with Gasteiger partial charge in [-0.3, -0.25) is 4.72 Å². The molecule has 0 spiro atoms. The Morgan fingerprint density at radius 1 is 0.865 bits per heavy atom. The highest BCUT2D eigenvalue weighted by atomic mass is 35.5. The van der Waals surface area contributed by atoms with E-state index in [4.69, 9.17) is 32.7 Å². The van der Waals surface area contributed by atoms with Gasteiger partial charge in [0.25, 0.3) is 10.0 Å². The van der Waals surface area contributed by atoms with Gasteiger partial charge in [0.15, 0.2) is 12.4 Å². The van der Waals surface area contributed by atoms with Gasteiger partial charge < -0.3 is 9.47 Å². The van der Waals surface area contributed by atoms with E-state index in [-0.39, 0.29) is 28.1 Å². The first-order valence-electron chi connectivity index (χ1n) is 10.9. The molecule has 10 heteroatoms. The number of halogens is 3. The van der Waals surface area contributed by atoms with Crippen LogP contribution in [-0.2, 0) is 26.2 Å². The predicted octanol–water partition coefficient (Wildman–Crippen LogP) is 6.72. The van der Waals surface area contributed by atoms with Crippen LogP contribution in [0.1, 0.15) is 5.56 Å². The van der Waals surface area contributed by atoms with Crippen LogP contribution in [0, 0.1) is 5.82 Å². The molecule has 4 aromatic rings. The summed E-state index contributed by atoms with van der Waals surface area (Å²) < 4.78 is 54.0. The monoisotopic (exact) mass is 559 g/mol. The second kappa shape index (κ2) is 11.6. The first-order valence-corrected chi connectivity index (χ1v) is 13.2. The first kappa shape index (κ1) is 26.5. The standard InChI is InChI=1S/C27H20Cl2FNO5S/c28-21-14-22(29)27(36-17-26(32)35-16-18-7-3-1-4-8-18)25(15-21)37(33,34)31-24-13-20(11-12-23(24)30)19-9-5-2-6-10-19/h1-15,31H,16-17H2. The summed E-state index contributed by atoms with van der Waals surface area (Å²) >= 11 is 12.3. The lowest BCUT2D eigenvalue weighted by molar-refractivity contribution is -0.147. The Balaban J connectivity index is 1.56. The Morgan fingerprint density at radius 2 is 1.54 bits per heavy atom. The zero-order valence-electron chi connectivity index (χ0n) is 19.2. The van der Waals surface area contributed by atoms with Gasteiger partial charge in [-0.25, -0.2) is 17.6 Å². The van der Waals surface area contributed by atoms with E-state index < -0.39 is 33.3 Å². The smallest absolute Gasteiger partial charge is 0.344 e. The number of anilines is 1. The summed E-state index contributed by atoms with van der Waals surface area (Å²) in [5, 5.41) is -0.148. The van der Waals surface area contributed by atoms with Crippen molar-refractivity contribution in [1.29, 1.82) is 0 Å². The number of hydrogen-bond acceptors (Lipinski definition) is 5. The van der Waals surface area contributed by atoms with Gasteiger partial charge >= 0.3 is 5.97 Å². The summed E-state index contributed by atoms with van der Waals surface area (Å²) in [5.41, 5.74) is 1.85. The molecule has 0 fully saturated rings. The van der Waals surface area contributed by atoms with E-state index in [9.17, 15) is 17.6 Å². The average molecular weight is 560 g/mol. The van der Waals surface area contributed by atoms with E-state index in [2.05, 4.69) is 4.72 Å². The van der Waals surface area contributed by atoms with Crippen LogP contribution in [0.3, 0.4) is 0 Å². The van der Waals surface area contributed by atoms with Gasteiger partial charge in [0, 0.05) is 5.02 Å². The highest BCUT2D eigenvalue weighted by molar-refractivity contribution is 7.92. The normalized spacial score (nSPS) is 11.1. The van der Waals surface area contributed by atoms with Gasteiger partial charge in [0.05, 0.1) is 10.7 Å². The average Bonchev–Trinajstić information content (AvgIpc) is 2.89. The van der Waals surface area contributed by atoms with Crippen molar-refractivity contribution in [2.24, 2.45) is 0 Å². The van der Waals surface area contributed by atoms with E-state index in [0.29, 0.717) is 5.56 Å². The highest BCUT2D eigenvalue weighted by Gasteiger charge is 2.25. The number of ether oxygens (including phenoxy) is 2. The molecule has 0 radical (unpaired) electrons. The van der Waals surface area contributed by atoms with Gasteiger partial charge in [-0.15, -0.1) is 0 Å². The van der Waals surface area contributed by atoms with Crippen molar-refractivity contribution in [1.82, 2.24) is 0 Å². The molecular weight excluding hydrogens is 540 g/mol. The lowest BCUT2D eigenvalue weighted by Gasteiger charge is -2.16. The maximum Gasteiger partial charge on any atom is 0.344 e. The Bertz CT molecular complexity index is 1520. The molecule has 0 amide bonds. The van der Waals surface area contributed by atoms with Gasteiger partial charge in [0.2, 0.25) is 0 Å². The van der Waals surface area contributed by atoms with Crippen LogP contribution in [0.2, 0.25) is 10.0 Å². The van der Waals surface area contributed by atoms with E-state index in [1.165, 1.54) is 18.2 Å². The van der Waals surface area contributed by atoms with Crippen molar-refractivity contribution in [2.75, 3.05) is 11.3 Å². The molecule has 0 aliphatic carbocycles. The zero-order chi connectivity index (χ0) is 26.4. The summed E-state index contributed by atoms with van der Waals surface area (Å²) in [6.45, 7) is -0.602. The molecule has 0 aliphatic rings. The maximum atomic E-state index is 14.6. The van der Waals surface area contributed by atoms with Crippen molar-refractivity contribution in [3.8, 4) is 16.9 Å². The number of esters is 1. The number of rotatable bonds is 9. The third kappa shape index (κ3) is 6.80. The summed E-state index contributed by atoms with van der Waals surface area (Å²) in [5.74, 6) is -1.86. The van der Waals surface area contributed by atoms with Crippen molar-refractivity contribution < 1.29 is 27.1 Å². The molecule has 0 unspecified atom stereocenters. The topological polar surface area (TPSA) is 81.7 Å². The molecular formula is C27H20Cl2FNO5S. The van der Waals surface area contributed by atoms with Crippen LogP contribution in [-0.4, -0.2) is 21.0 Å². The van der Waals surface area contributed by atoms with E-state index >= 15 is 0 Å². The molecule has 0 atom stereocenters. The molecule has 0 bridgehead atoms. The summed E-state index contributed by atoms with van der Waals surface area (Å²) in [7, 11) is -4.45. The van der Waals surface area contributed by atoms with Crippen LogP contribution in [0.5, 0.6) is 5.75 Å². The Hall–Kier alpha value is -3.59. The van der Waals surface area contributed by atoms with Crippen LogP contribution in [0.25, 0.3) is 11.1 Å². The second-order valence-corrected chi connectivity index (χ2v) is 10.3. The third-order valence-corrected chi connectivity index (χ3v) is 7.03. The largest absolute Gasteiger partial charge is 0.479 e. The van der Waals surface area contributed by atoms with Gasteiger partial charge in [0.1, 0.15) is 17.3 Å². The molecule has 0 aromatic heterocycles. The molecule has 6 nitrogen and oxygen atoms in total. The molecule has 4 rings (SSSR count). The number of hydrogen-bond donors (Lipinski definition) is 1.